The fourth-order valence-electron chi connectivity index (χ4n) is 1.89. The molecule has 92 valence electrons. The lowest BCUT2D eigenvalue weighted by Gasteiger charge is -2.15. The molecule has 0 aromatic carbocycles. The van der Waals surface area contributed by atoms with Crippen molar-refractivity contribution in [3.8, 4) is 0 Å². The average Bonchev–Trinajstić information content (AvgIpc) is 2.76. The van der Waals surface area contributed by atoms with Crippen LogP contribution in [0.25, 0.3) is 0 Å². The van der Waals surface area contributed by atoms with E-state index in [-0.39, 0.29) is 0 Å². The van der Waals surface area contributed by atoms with Gasteiger partial charge in [0, 0.05) is 10.9 Å². The van der Waals surface area contributed by atoms with Crippen LogP contribution >= 0.6 is 11.3 Å². The van der Waals surface area contributed by atoms with Gasteiger partial charge in [0.05, 0.1) is 0 Å². The highest BCUT2D eigenvalue weighted by Crippen LogP contribution is 2.21. The lowest BCUT2D eigenvalue weighted by atomic mass is 10.1. The second-order valence-corrected chi connectivity index (χ2v) is 5.80. The van der Waals surface area contributed by atoms with Crippen LogP contribution in [0.2, 0.25) is 0 Å². The van der Waals surface area contributed by atoms with Crippen LogP contribution in [-0.2, 0) is 0 Å². The van der Waals surface area contributed by atoms with Gasteiger partial charge in [-0.05, 0) is 36.8 Å². The van der Waals surface area contributed by atoms with Gasteiger partial charge >= 0.3 is 0 Å². The predicted octanol–water partition coefficient (Wildman–Crippen LogP) is 4.62. The lowest BCUT2D eigenvalue weighted by molar-refractivity contribution is 0.480. The van der Waals surface area contributed by atoms with Crippen molar-refractivity contribution in [3.05, 3.63) is 22.4 Å². The predicted molar refractivity (Wildman–Crippen MR) is 74.0 cm³/mol. The number of hydrogen-bond donors (Lipinski definition) is 1. The summed E-state index contributed by atoms with van der Waals surface area (Å²) in [6.07, 6.45) is 5.20. The Morgan fingerprint density at radius 1 is 1.31 bits per heavy atom. The summed E-state index contributed by atoms with van der Waals surface area (Å²) in [6, 6.07) is 4.95. The number of unbranched alkanes of at least 4 members (excludes halogenated alkanes) is 1. The molecule has 1 N–H and O–H groups in total. The molecule has 0 aliphatic carbocycles. The molecule has 1 atom stereocenters. The van der Waals surface area contributed by atoms with Gasteiger partial charge in [-0.25, -0.2) is 0 Å². The van der Waals surface area contributed by atoms with E-state index >= 15 is 0 Å². The van der Waals surface area contributed by atoms with Crippen LogP contribution in [0, 0.1) is 5.92 Å². The fraction of sp³-hybridized carbons (Fsp3) is 0.714. The molecule has 1 heterocycles. The summed E-state index contributed by atoms with van der Waals surface area (Å²) < 4.78 is 0. The van der Waals surface area contributed by atoms with Crippen LogP contribution in [0.4, 0.5) is 0 Å². The van der Waals surface area contributed by atoms with Crippen molar-refractivity contribution >= 4 is 11.3 Å². The molecule has 1 aromatic heterocycles. The molecule has 0 amide bonds. The third-order valence-electron chi connectivity index (χ3n) is 2.89. The molecule has 1 unspecified atom stereocenters. The first-order chi connectivity index (χ1) is 7.74. The van der Waals surface area contributed by atoms with E-state index in [4.69, 9.17) is 0 Å². The number of thiophene rings is 1. The number of rotatable bonds is 8. The van der Waals surface area contributed by atoms with Crippen molar-refractivity contribution in [1.82, 2.24) is 5.32 Å². The zero-order valence-electron chi connectivity index (χ0n) is 10.8. The zero-order chi connectivity index (χ0) is 11.8. The monoisotopic (exact) mass is 239 g/mol. The molecule has 0 fully saturated rings. The van der Waals surface area contributed by atoms with Crippen LogP contribution in [0.15, 0.2) is 17.5 Å². The van der Waals surface area contributed by atoms with E-state index in [2.05, 4.69) is 43.6 Å². The Kier molecular flexibility index (Phi) is 6.74. The Labute approximate surface area is 104 Å². The molecule has 0 saturated carbocycles. The molecule has 1 aromatic rings. The second kappa shape index (κ2) is 7.86. The maximum Gasteiger partial charge on any atom is 0.0412 e. The summed E-state index contributed by atoms with van der Waals surface area (Å²) in [5.74, 6) is 0.847. The summed E-state index contributed by atoms with van der Waals surface area (Å²) >= 11 is 1.86. The van der Waals surface area contributed by atoms with Gasteiger partial charge in [0.1, 0.15) is 0 Å². The van der Waals surface area contributed by atoms with Gasteiger partial charge in [-0.15, -0.1) is 11.3 Å². The van der Waals surface area contributed by atoms with Gasteiger partial charge in [0.2, 0.25) is 0 Å². The second-order valence-electron chi connectivity index (χ2n) is 4.82. The van der Waals surface area contributed by atoms with E-state index in [1.165, 1.54) is 30.6 Å². The minimum atomic E-state index is 0.569. The van der Waals surface area contributed by atoms with E-state index < -0.39 is 0 Å². The Morgan fingerprint density at radius 2 is 2.12 bits per heavy atom. The summed E-state index contributed by atoms with van der Waals surface area (Å²) in [5, 5.41) is 5.82. The fourth-order valence-corrected chi connectivity index (χ4v) is 2.78. The summed E-state index contributed by atoms with van der Waals surface area (Å²) in [4.78, 5) is 1.48. The Hall–Kier alpha value is -0.340. The van der Waals surface area contributed by atoms with E-state index in [0.717, 1.165) is 12.5 Å². The highest BCUT2D eigenvalue weighted by molar-refractivity contribution is 7.10. The quantitative estimate of drug-likeness (QED) is 0.653. The van der Waals surface area contributed by atoms with Crippen molar-refractivity contribution in [2.75, 3.05) is 6.54 Å². The smallest absolute Gasteiger partial charge is 0.0412 e. The SMILES string of the molecule is CCC(NCCCCC(C)C)c1cccs1. The number of nitrogens with one attached hydrogen (secondary N) is 1. The van der Waals surface area contributed by atoms with Crippen LogP contribution in [0.1, 0.15) is 57.4 Å². The van der Waals surface area contributed by atoms with Crippen LogP contribution < -0.4 is 5.32 Å². The largest absolute Gasteiger partial charge is 0.309 e. The molecule has 0 aliphatic heterocycles. The molecule has 16 heavy (non-hydrogen) atoms. The van der Waals surface area contributed by atoms with E-state index in [9.17, 15) is 0 Å². The van der Waals surface area contributed by atoms with Gasteiger partial charge in [-0.3, -0.25) is 0 Å². The standard InChI is InChI=1S/C14H25NS/c1-4-13(14-9-7-11-16-14)15-10-6-5-8-12(2)3/h7,9,11-13,15H,4-6,8,10H2,1-3H3. The summed E-state index contributed by atoms with van der Waals surface area (Å²) in [7, 11) is 0. The minimum absolute atomic E-state index is 0.569. The van der Waals surface area contributed by atoms with Crippen LogP contribution in [0.3, 0.4) is 0 Å². The average molecular weight is 239 g/mol. The molecule has 0 aliphatic rings. The van der Waals surface area contributed by atoms with Crippen LogP contribution in [0.5, 0.6) is 0 Å². The highest BCUT2D eigenvalue weighted by Gasteiger charge is 2.08. The molecule has 0 saturated heterocycles. The molecular weight excluding hydrogens is 214 g/mol. The molecule has 0 radical (unpaired) electrons. The van der Waals surface area contributed by atoms with E-state index in [1.54, 1.807) is 0 Å². The van der Waals surface area contributed by atoms with Crippen molar-refractivity contribution in [1.29, 1.82) is 0 Å². The molecule has 1 nitrogen and oxygen atoms in total. The van der Waals surface area contributed by atoms with Crippen molar-refractivity contribution in [3.63, 3.8) is 0 Å². The molecule has 2 heteroatoms. The van der Waals surface area contributed by atoms with Gasteiger partial charge < -0.3 is 5.32 Å². The first-order valence-corrected chi connectivity index (χ1v) is 7.38. The summed E-state index contributed by atoms with van der Waals surface area (Å²) in [5.41, 5.74) is 0. The third-order valence-corrected chi connectivity index (χ3v) is 3.88. The third kappa shape index (κ3) is 5.13. The van der Waals surface area contributed by atoms with Gasteiger partial charge in [0.15, 0.2) is 0 Å². The van der Waals surface area contributed by atoms with Gasteiger partial charge in [-0.2, -0.15) is 0 Å². The summed E-state index contributed by atoms with van der Waals surface area (Å²) in [6.45, 7) is 8.01. The Balaban J connectivity index is 2.15. The van der Waals surface area contributed by atoms with Gasteiger partial charge in [-0.1, -0.05) is 39.7 Å². The van der Waals surface area contributed by atoms with E-state index in [0.29, 0.717) is 6.04 Å². The topological polar surface area (TPSA) is 12.0 Å². The molecular formula is C14H25NS. The van der Waals surface area contributed by atoms with Crippen LogP contribution in [-0.4, -0.2) is 6.54 Å². The highest BCUT2D eigenvalue weighted by atomic mass is 32.1. The Bertz CT molecular complexity index is 254. The first-order valence-electron chi connectivity index (χ1n) is 6.50. The first kappa shape index (κ1) is 13.7. The normalized spacial score (nSPS) is 13.2. The lowest BCUT2D eigenvalue weighted by Crippen LogP contribution is -2.21. The van der Waals surface area contributed by atoms with Crippen molar-refractivity contribution in [2.45, 2.75) is 52.5 Å². The minimum Gasteiger partial charge on any atom is -0.309 e. The molecule has 0 spiro atoms. The molecule has 1 rings (SSSR count). The maximum absolute atomic E-state index is 3.66. The van der Waals surface area contributed by atoms with E-state index in [1.807, 2.05) is 11.3 Å². The maximum atomic E-state index is 3.66. The van der Waals surface area contributed by atoms with Gasteiger partial charge in [0.25, 0.3) is 0 Å². The van der Waals surface area contributed by atoms with Crippen molar-refractivity contribution < 1.29 is 0 Å². The Morgan fingerprint density at radius 3 is 2.69 bits per heavy atom. The van der Waals surface area contributed by atoms with Crippen molar-refractivity contribution in [2.24, 2.45) is 5.92 Å². The molecule has 0 bridgehead atoms. The number of hydrogen-bond acceptors (Lipinski definition) is 2. The zero-order valence-corrected chi connectivity index (χ0v) is 11.6.